The molecule has 2 aromatic rings. The van der Waals surface area contributed by atoms with Crippen LogP contribution in [-0.4, -0.2) is 31.9 Å². The van der Waals surface area contributed by atoms with Crippen LogP contribution < -0.4 is 4.74 Å². The van der Waals surface area contributed by atoms with Crippen molar-refractivity contribution in [2.24, 2.45) is 0 Å². The van der Waals surface area contributed by atoms with Crippen LogP contribution in [0.3, 0.4) is 0 Å². The number of hydrogen-bond acceptors (Lipinski definition) is 4. The second-order valence-electron chi connectivity index (χ2n) is 5.44. The van der Waals surface area contributed by atoms with Gasteiger partial charge in [-0.1, -0.05) is 24.6 Å². The Bertz CT molecular complexity index is 971. The van der Waals surface area contributed by atoms with Gasteiger partial charge in [-0.25, -0.2) is 13.2 Å². The molecule has 27 heavy (non-hydrogen) atoms. The van der Waals surface area contributed by atoms with Gasteiger partial charge in [0.2, 0.25) is 0 Å². The number of hydrogen-bond donors (Lipinski definition) is 1. The van der Waals surface area contributed by atoms with Crippen LogP contribution in [-0.2, 0) is 20.8 Å². The lowest BCUT2D eigenvalue weighted by Crippen LogP contribution is -2.15. The van der Waals surface area contributed by atoms with Crippen LogP contribution in [0.2, 0.25) is 5.02 Å². The Hall–Kier alpha value is -2.26. The number of benzene rings is 2. The molecule has 0 amide bonds. The van der Waals surface area contributed by atoms with Crippen LogP contribution in [0.15, 0.2) is 41.3 Å². The lowest BCUT2D eigenvalue weighted by molar-refractivity contribution is -0.140. The number of alkyl halides is 3. The predicted octanol–water partition coefficient (Wildman–Crippen LogP) is 4.28. The maximum atomic E-state index is 13.4. The molecule has 0 aliphatic heterocycles. The molecule has 0 heterocycles. The zero-order chi connectivity index (χ0) is 20.4. The SMILES string of the molecule is CCS(=O)(=O)c1ccc(-c2cc(Cl)ccc2OCC(=O)O)cc1C(F)(F)F. The summed E-state index contributed by atoms with van der Waals surface area (Å²) >= 11 is 5.90. The second-order valence-corrected chi connectivity index (χ2v) is 8.12. The molecule has 0 unspecified atom stereocenters. The highest BCUT2D eigenvalue weighted by Gasteiger charge is 2.37. The molecule has 0 radical (unpaired) electrons. The van der Waals surface area contributed by atoms with E-state index in [1.54, 1.807) is 0 Å². The first-order valence-electron chi connectivity index (χ1n) is 7.54. The van der Waals surface area contributed by atoms with Crippen LogP contribution >= 0.6 is 11.6 Å². The van der Waals surface area contributed by atoms with Gasteiger partial charge in [-0.3, -0.25) is 0 Å². The first kappa shape index (κ1) is 21.0. The Morgan fingerprint density at radius 1 is 1.19 bits per heavy atom. The molecule has 0 saturated carbocycles. The van der Waals surface area contributed by atoms with Gasteiger partial charge in [0.1, 0.15) is 5.75 Å². The third-order valence-corrected chi connectivity index (χ3v) is 5.63. The van der Waals surface area contributed by atoms with Gasteiger partial charge in [0, 0.05) is 10.6 Å². The Kier molecular flexibility index (Phi) is 6.06. The summed E-state index contributed by atoms with van der Waals surface area (Å²) in [5, 5.41) is 8.91. The van der Waals surface area contributed by atoms with E-state index in [2.05, 4.69) is 0 Å². The van der Waals surface area contributed by atoms with E-state index in [1.165, 1.54) is 31.2 Å². The fourth-order valence-corrected chi connectivity index (χ4v) is 3.61. The van der Waals surface area contributed by atoms with Gasteiger partial charge in [0.05, 0.1) is 16.2 Å². The molecule has 0 aliphatic carbocycles. The van der Waals surface area contributed by atoms with E-state index in [0.29, 0.717) is 6.07 Å². The zero-order valence-electron chi connectivity index (χ0n) is 13.9. The third kappa shape index (κ3) is 4.92. The van der Waals surface area contributed by atoms with E-state index in [4.69, 9.17) is 21.4 Å². The summed E-state index contributed by atoms with van der Waals surface area (Å²) in [7, 11) is -4.11. The molecular weight excluding hydrogens is 409 g/mol. The topological polar surface area (TPSA) is 80.7 Å². The Morgan fingerprint density at radius 3 is 2.41 bits per heavy atom. The quantitative estimate of drug-likeness (QED) is 0.751. The van der Waals surface area contributed by atoms with Crippen LogP contribution in [0.25, 0.3) is 11.1 Å². The third-order valence-electron chi connectivity index (χ3n) is 3.60. The molecule has 0 fully saturated rings. The summed E-state index contributed by atoms with van der Waals surface area (Å²) in [5.74, 6) is -1.75. The highest BCUT2D eigenvalue weighted by molar-refractivity contribution is 7.91. The smallest absolute Gasteiger partial charge is 0.417 e. The fourth-order valence-electron chi connectivity index (χ4n) is 2.34. The number of rotatable bonds is 6. The second kappa shape index (κ2) is 7.77. The molecule has 10 heteroatoms. The van der Waals surface area contributed by atoms with E-state index in [-0.39, 0.29) is 21.9 Å². The van der Waals surface area contributed by atoms with E-state index < -0.39 is 44.8 Å². The normalized spacial score (nSPS) is 12.0. The van der Waals surface area contributed by atoms with Crippen molar-refractivity contribution < 1.29 is 36.2 Å². The van der Waals surface area contributed by atoms with Crippen LogP contribution in [0.1, 0.15) is 12.5 Å². The van der Waals surface area contributed by atoms with Gasteiger partial charge < -0.3 is 9.84 Å². The molecule has 0 spiro atoms. The van der Waals surface area contributed by atoms with E-state index >= 15 is 0 Å². The summed E-state index contributed by atoms with van der Waals surface area (Å²) in [6, 6.07) is 6.77. The summed E-state index contributed by atoms with van der Waals surface area (Å²) in [5.41, 5.74) is -1.22. The van der Waals surface area contributed by atoms with Crippen molar-refractivity contribution >= 4 is 27.4 Å². The van der Waals surface area contributed by atoms with Gasteiger partial charge in [0.25, 0.3) is 0 Å². The summed E-state index contributed by atoms with van der Waals surface area (Å²) < 4.78 is 69.4. The monoisotopic (exact) mass is 422 g/mol. The number of sulfone groups is 1. The van der Waals surface area contributed by atoms with Crippen LogP contribution in [0.5, 0.6) is 5.75 Å². The van der Waals surface area contributed by atoms with Crippen LogP contribution in [0, 0.1) is 0 Å². The minimum Gasteiger partial charge on any atom is -0.481 e. The van der Waals surface area contributed by atoms with Gasteiger partial charge in [0.15, 0.2) is 16.4 Å². The summed E-state index contributed by atoms with van der Waals surface area (Å²) in [6.45, 7) is 0.543. The fraction of sp³-hybridized carbons (Fsp3) is 0.235. The lowest BCUT2D eigenvalue weighted by atomic mass is 10.0. The minimum absolute atomic E-state index is 0.000947. The Morgan fingerprint density at radius 2 is 1.85 bits per heavy atom. The van der Waals surface area contributed by atoms with Crippen molar-refractivity contribution in [3.05, 3.63) is 47.0 Å². The average molecular weight is 423 g/mol. The number of ether oxygens (including phenoxy) is 1. The molecule has 0 bridgehead atoms. The minimum atomic E-state index is -4.91. The van der Waals surface area contributed by atoms with E-state index in [1.807, 2.05) is 0 Å². The Labute approximate surface area is 158 Å². The predicted molar refractivity (Wildman–Crippen MR) is 92.7 cm³/mol. The van der Waals surface area contributed by atoms with Crippen molar-refractivity contribution in [3.8, 4) is 16.9 Å². The molecule has 0 atom stereocenters. The molecule has 0 aromatic heterocycles. The van der Waals surface area contributed by atoms with Crippen molar-refractivity contribution in [1.29, 1.82) is 0 Å². The number of carbonyl (C=O) groups is 1. The zero-order valence-corrected chi connectivity index (χ0v) is 15.5. The molecular formula is C17H14ClF3O5S. The molecule has 2 rings (SSSR count). The highest BCUT2D eigenvalue weighted by Crippen LogP contribution is 2.40. The van der Waals surface area contributed by atoms with Gasteiger partial charge in [-0.2, -0.15) is 13.2 Å². The molecule has 1 N–H and O–H groups in total. The maximum Gasteiger partial charge on any atom is 0.417 e. The molecule has 5 nitrogen and oxygen atoms in total. The summed E-state index contributed by atoms with van der Waals surface area (Å²) in [4.78, 5) is 9.87. The van der Waals surface area contributed by atoms with Gasteiger partial charge in [-0.05, 0) is 35.9 Å². The Balaban J connectivity index is 2.67. The lowest BCUT2D eigenvalue weighted by Gasteiger charge is -2.16. The number of carboxylic acid groups (broad SMARTS) is 1. The standard InChI is InChI=1S/C17H14ClF3O5S/c1-2-27(24,25)15-6-3-10(7-13(15)17(19,20)21)12-8-11(18)4-5-14(12)26-9-16(22)23/h3-8H,2,9H2,1H3,(H,22,23). The molecule has 146 valence electrons. The highest BCUT2D eigenvalue weighted by atomic mass is 35.5. The largest absolute Gasteiger partial charge is 0.481 e. The van der Waals surface area contributed by atoms with Crippen molar-refractivity contribution in [3.63, 3.8) is 0 Å². The van der Waals surface area contributed by atoms with Crippen molar-refractivity contribution in [2.45, 2.75) is 18.0 Å². The first-order valence-corrected chi connectivity index (χ1v) is 9.57. The number of aliphatic carboxylic acids is 1. The molecule has 2 aromatic carbocycles. The maximum absolute atomic E-state index is 13.4. The van der Waals surface area contributed by atoms with Crippen LogP contribution in [0.4, 0.5) is 13.2 Å². The van der Waals surface area contributed by atoms with Gasteiger partial charge >= 0.3 is 12.1 Å². The summed E-state index contributed by atoms with van der Waals surface area (Å²) in [6.07, 6.45) is -4.91. The molecule has 0 saturated heterocycles. The molecule has 0 aliphatic rings. The number of carboxylic acids is 1. The number of halogens is 4. The van der Waals surface area contributed by atoms with Crippen molar-refractivity contribution in [1.82, 2.24) is 0 Å². The van der Waals surface area contributed by atoms with Gasteiger partial charge in [-0.15, -0.1) is 0 Å². The van der Waals surface area contributed by atoms with Crippen molar-refractivity contribution in [2.75, 3.05) is 12.4 Å². The van der Waals surface area contributed by atoms with E-state index in [9.17, 15) is 26.4 Å². The average Bonchev–Trinajstić information content (AvgIpc) is 2.59. The first-order chi connectivity index (χ1) is 12.5. The van der Waals surface area contributed by atoms with E-state index in [0.717, 1.165) is 6.07 Å².